The third-order valence-electron chi connectivity index (χ3n) is 4.26. The van der Waals surface area contributed by atoms with E-state index in [9.17, 15) is 13.0 Å². The summed E-state index contributed by atoms with van der Waals surface area (Å²) in [6.07, 6.45) is 10.9. The summed E-state index contributed by atoms with van der Waals surface area (Å²) in [5, 5.41) is 0. The van der Waals surface area contributed by atoms with Crippen LogP contribution in [0.4, 0.5) is 0 Å². The summed E-state index contributed by atoms with van der Waals surface area (Å²) >= 11 is 0. The number of unbranched alkanes of at least 4 members (excludes halogenated alkanes) is 6. The maximum absolute atomic E-state index is 12.0. The molecule has 0 aromatic heterocycles. The van der Waals surface area contributed by atoms with Gasteiger partial charge in [0.05, 0.1) is 4.75 Å². The van der Waals surface area contributed by atoms with E-state index in [1.807, 2.05) is 0 Å². The van der Waals surface area contributed by atoms with Gasteiger partial charge in [0.1, 0.15) is 0 Å². The van der Waals surface area contributed by atoms with E-state index in [1.165, 1.54) is 0 Å². The number of hydrogen-bond acceptors (Lipinski definition) is 2. The van der Waals surface area contributed by atoms with Gasteiger partial charge in [0.25, 0.3) is 10.1 Å². The number of rotatable bonds is 13. The minimum Gasteiger partial charge on any atom is -0.285 e. The first kappa shape index (κ1) is 19.9. The molecule has 0 unspecified atom stereocenters. The van der Waals surface area contributed by atoms with Crippen molar-refractivity contribution in [3.63, 3.8) is 0 Å². The van der Waals surface area contributed by atoms with E-state index in [2.05, 4.69) is 20.8 Å². The average molecular weight is 307 g/mol. The van der Waals surface area contributed by atoms with Gasteiger partial charge in [0.15, 0.2) is 0 Å². The highest BCUT2D eigenvalue weighted by Crippen LogP contribution is 2.35. The van der Waals surface area contributed by atoms with Crippen LogP contribution >= 0.6 is 0 Å². The van der Waals surface area contributed by atoms with Gasteiger partial charge in [-0.15, -0.1) is 0 Å². The van der Waals surface area contributed by atoms with Crippen LogP contribution in [0.25, 0.3) is 0 Å². The maximum Gasteiger partial charge on any atom is 0.270 e. The van der Waals surface area contributed by atoms with E-state index in [0.717, 1.165) is 57.8 Å². The van der Waals surface area contributed by atoms with Crippen LogP contribution in [-0.2, 0) is 10.1 Å². The van der Waals surface area contributed by atoms with Crippen LogP contribution < -0.4 is 0 Å². The highest BCUT2D eigenvalue weighted by molar-refractivity contribution is 7.87. The normalized spacial score (nSPS) is 12.8. The standard InChI is InChI=1S/C16H34O3S/c1-4-7-10-13-16(20(17,18)19,14-11-8-5-2)15-12-9-6-3/h4-15H2,1-3H3,(H,17,18,19). The predicted molar refractivity (Wildman–Crippen MR) is 86.7 cm³/mol. The molecular formula is C16H34O3S. The molecule has 20 heavy (non-hydrogen) atoms. The Hall–Kier alpha value is -0.0900. The Morgan fingerprint density at radius 3 is 1.20 bits per heavy atom. The molecule has 0 aromatic rings. The second-order valence-electron chi connectivity index (χ2n) is 6.03. The van der Waals surface area contributed by atoms with E-state index < -0.39 is 14.9 Å². The molecule has 122 valence electrons. The summed E-state index contributed by atoms with van der Waals surface area (Å²) in [6.45, 7) is 6.34. The largest absolute Gasteiger partial charge is 0.285 e. The van der Waals surface area contributed by atoms with Gasteiger partial charge in [-0.2, -0.15) is 8.42 Å². The molecule has 0 rings (SSSR count). The van der Waals surface area contributed by atoms with Gasteiger partial charge in [-0.1, -0.05) is 78.6 Å². The van der Waals surface area contributed by atoms with Crippen LogP contribution in [0, 0.1) is 0 Å². The molecule has 0 aliphatic carbocycles. The molecule has 0 amide bonds. The van der Waals surface area contributed by atoms with Crippen LogP contribution in [0.15, 0.2) is 0 Å². The molecule has 0 aliphatic rings. The Balaban J connectivity index is 4.87. The van der Waals surface area contributed by atoms with Gasteiger partial charge >= 0.3 is 0 Å². The summed E-state index contributed by atoms with van der Waals surface area (Å²) in [5.74, 6) is 0. The molecule has 0 bridgehead atoms. The van der Waals surface area contributed by atoms with Crippen LogP contribution in [0.3, 0.4) is 0 Å². The molecule has 0 aliphatic heterocycles. The fourth-order valence-electron chi connectivity index (χ4n) is 2.85. The van der Waals surface area contributed by atoms with E-state index >= 15 is 0 Å². The van der Waals surface area contributed by atoms with Crippen molar-refractivity contribution in [1.29, 1.82) is 0 Å². The fourth-order valence-corrected chi connectivity index (χ4v) is 4.06. The van der Waals surface area contributed by atoms with Crippen molar-refractivity contribution in [3.8, 4) is 0 Å². The molecule has 0 heterocycles. The molecule has 1 N–H and O–H groups in total. The lowest BCUT2D eigenvalue weighted by Crippen LogP contribution is -2.38. The molecule has 0 atom stereocenters. The zero-order chi connectivity index (χ0) is 15.5. The molecular weight excluding hydrogens is 272 g/mol. The Kier molecular flexibility index (Phi) is 10.6. The third-order valence-corrected chi connectivity index (χ3v) is 5.96. The first-order chi connectivity index (χ1) is 9.43. The first-order valence-electron chi connectivity index (χ1n) is 8.40. The third kappa shape index (κ3) is 7.07. The molecule has 3 nitrogen and oxygen atoms in total. The fraction of sp³-hybridized carbons (Fsp3) is 1.00. The van der Waals surface area contributed by atoms with Gasteiger partial charge in [0.2, 0.25) is 0 Å². The second kappa shape index (κ2) is 10.6. The lowest BCUT2D eigenvalue weighted by Gasteiger charge is -2.31. The van der Waals surface area contributed by atoms with Crippen molar-refractivity contribution in [1.82, 2.24) is 0 Å². The lowest BCUT2D eigenvalue weighted by atomic mass is 9.89. The molecule has 0 aromatic carbocycles. The molecule has 4 heteroatoms. The minimum absolute atomic E-state index is 0.618. The quantitative estimate of drug-likeness (QED) is 0.368. The topological polar surface area (TPSA) is 54.4 Å². The van der Waals surface area contributed by atoms with Crippen molar-refractivity contribution >= 4 is 10.1 Å². The summed E-state index contributed by atoms with van der Waals surface area (Å²) < 4.78 is 32.9. The Bertz CT molecular complexity index is 296. The van der Waals surface area contributed by atoms with Crippen molar-refractivity contribution < 1.29 is 13.0 Å². The summed E-state index contributed by atoms with van der Waals surface area (Å²) in [4.78, 5) is 0. The van der Waals surface area contributed by atoms with Gasteiger partial charge in [-0.05, 0) is 19.3 Å². The molecule has 0 radical (unpaired) electrons. The molecule has 0 spiro atoms. The average Bonchev–Trinajstić information content (AvgIpc) is 2.37. The van der Waals surface area contributed by atoms with Crippen LogP contribution in [-0.4, -0.2) is 17.7 Å². The van der Waals surface area contributed by atoms with Crippen LogP contribution in [0.2, 0.25) is 0 Å². The summed E-state index contributed by atoms with van der Waals surface area (Å²) in [6, 6.07) is 0. The van der Waals surface area contributed by atoms with Crippen molar-refractivity contribution in [2.75, 3.05) is 0 Å². The monoisotopic (exact) mass is 306 g/mol. The highest BCUT2D eigenvalue weighted by atomic mass is 32.2. The van der Waals surface area contributed by atoms with Crippen molar-refractivity contribution in [3.05, 3.63) is 0 Å². The summed E-state index contributed by atoms with van der Waals surface area (Å²) in [7, 11) is -3.97. The predicted octanol–water partition coefficient (Wildman–Crippen LogP) is 5.35. The number of hydrogen-bond donors (Lipinski definition) is 1. The minimum atomic E-state index is -3.97. The molecule has 0 fully saturated rings. The van der Waals surface area contributed by atoms with Crippen molar-refractivity contribution in [2.24, 2.45) is 0 Å². The van der Waals surface area contributed by atoms with E-state index in [-0.39, 0.29) is 0 Å². The SMILES string of the molecule is CCCCCC(CCCCC)(CCCCC)S(=O)(=O)O. The Morgan fingerprint density at radius 2 is 1.00 bits per heavy atom. The Labute approximate surface area is 126 Å². The van der Waals surface area contributed by atoms with Gasteiger partial charge in [-0.3, -0.25) is 4.55 Å². The van der Waals surface area contributed by atoms with Gasteiger partial charge in [0, 0.05) is 0 Å². The Morgan fingerprint density at radius 1 is 0.700 bits per heavy atom. The van der Waals surface area contributed by atoms with Crippen LogP contribution in [0.1, 0.15) is 97.8 Å². The van der Waals surface area contributed by atoms with Gasteiger partial charge < -0.3 is 0 Å². The maximum atomic E-state index is 12.0. The van der Waals surface area contributed by atoms with Crippen molar-refractivity contribution in [2.45, 2.75) is 103 Å². The van der Waals surface area contributed by atoms with Crippen LogP contribution in [0.5, 0.6) is 0 Å². The summed E-state index contributed by atoms with van der Waals surface area (Å²) in [5.41, 5.74) is 0. The lowest BCUT2D eigenvalue weighted by molar-refractivity contribution is 0.347. The van der Waals surface area contributed by atoms with Gasteiger partial charge in [-0.25, -0.2) is 0 Å². The van der Waals surface area contributed by atoms with E-state index in [4.69, 9.17) is 0 Å². The highest BCUT2D eigenvalue weighted by Gasteiger charge is 2.40. The van der Waals surface area contributed by atoms with E-state index in [0.29, 0.717) is 19.3 Å². The smallest absolute Gasteiger partial charge is 0.270 e. The first-order valence-corrected chi connectivity index (χ1v) is 9.84. The molecule has 0 saturated carbocycles. The van der Waals surface area contributed by atoms with E-state index in [1.54, 1.807) is 0 Å². The second-order valence-corrected chi connectivity index (χ2v) is 7.85. The zero-order valence-electron chi connectivity index (χ0n) is 13.7. The molecule has 0 saturated heterocycles. The zero-order valence-corrected chi connectivity index (χ0v) is 14.5.